The number of sulfone groups is 1. The number of fused-ring (bicyclic) bond motifs is 1. The molecule has 0 unspecified atom stereocenters. The Balaban J connectivity index is 1.82. The minimum atomic E-state index is -3.14. The van der Waals surface area contributed by atoms with Crippen LogP contribution in [-0.4, -0.2) is 77.7 Å². The van der Waals surface area contributed by atoms with E-state index >= 15 is 0 Å². The first-order valence-electron chi connectivity index (χ1n) is 7.59. The van der Waals surface area contributed by atoms with E-state index in [9.17, 15) is 13.2 Å². The van der Waals surface area contributed by atoms with E-state index < -0.39 is 15.8 Å². The minimum Gasteiger partial charge on any atom is -0.480 e. The molecule has 2 aliphatic rings. The van der Waals surface area contributed by atoms with Gasteiger partial charge >= 0.3 is 5.97 Å². The summed E-state index contributed by atoms with van der Waals surface area (Å²) in [5.41, 5.74) is 1.80. The average Bonchev–Trinajstić information content (AvgIpc) is 2.93. The number of rotatable bonds is 4. The van der Waals surface area contributed by atoms with Gasteiger partial charge in [-0.2, -0.15) is 0 Å². The van der Waals surface area contributed by atoms with Gasteiger partial charge in [-0.05, 0) is 13.8 Å². The molecule has 2 atom stereocenters. The zero-order valence-electron chi connectivity index (χ0n) is 13.2. The fourth-order valence-electron chi connectivity index (χ4n) is 3.59. The van der Waals surface area contributed by atoms with Gasteiger partial charge in [0.25, 0.3) is 0 Å². The van der Waals surface area contributed by atoms with Gasteiger partial charge in [-0.25, -0.2) is 8.42 Å². The molecule has 2 saturated heterocycles. The third kappa shape index (κ3) is 3.26. The topological polar surface area (TPSA) is 104 Å². The number of aryl methyl sites for hydroxylation is 2. The Morgan fingerprint density at radius 2 is 1.87 bits per heavy atom. The molecule has 9 heteroatoms. The number of piperazine rings is 1. The van der Waals surface area contributed by atoms with Crippen LogP contribution in [-0.2, 0) is 21.2 Å². The summed E-state index contributed by atoms with van der Waals surface area (Å²) in [6.07, 6.45) is 0. The maximum Gasteiger partial charge on any atom is 0.317 e. The molecule has 8 nitrogen and oxygen atoms in total. The number of hydrogen-bond donors (Lipinski definition) is 1. The summed E-state index contributed by atoms with van der Waals surface area (Å²) in [7, 11) is -3.14. The third-order valence-electron chi connectivity index (χ3n) is 4.79. The lowest BCUT2D eigenvalue weighted by atomic mass is 10.0. The molecular formula is C14H21N3O5S. The quantitative estimate of drug-likeness (QED) is 0.792. The highest BCUT2D eigenvalue weighted by atomic mass is 32.2. The second kappa shape index (κ2) is 5.88. The van der Waals surface area contributed by atoms with Gasteiger partial charge in [0.2, 0.25) is 0 Å². The molecular weight excluding hydrogens is 322 g/mol. The summed E-state index contributed by atoms with van der Waals surface area (Å²) in [5, 5.41) is 13.0. The van der Waals surface area contributed by atoms with E-state index in [1.807, 2.05) is 13.8 Å². The Hall–Kier alpha value is -1.45. The number of aliphatic carboxylic acids is 1. The lowest BCUT2D eigenvalue weighted by Gasteiger charge is -2.43. The van der Waals surface area contributed by atoms with Crippen LogP contribution in [0.1, 0.15) is 17.0 Å². The zero-order valence-corrected chi connectivity index (χ0v) is 14.0. The predicted octanol–water partition coefficient (Wildman–Crippen LogP) is -0.341. The van der Waals surface area contributed by atoms with Crippen molar-refractivity contribution in [2.75, 3.05) is 31.1 Å². The molecule has 0 aromatic carbocycles. The lowest BCUT2D eigenvalue weighted by Crippen LogP contribution is -2.59. The van der Waals surface area contributed by atoms with Crippen LogP contribution >= 0.6 is 0 Å². The Morgan fingerprint density at radius 1 is 1.26 bits per heavy atom. The first-order valence-corrected chi connectivity index (χ1v) is 9.41. The number of nitrogens with zero attached hydrogens (tertiary/aromatic N) is 3. The van der Waals surface area contributed by atoms with E-state index in [1.54, 1.807) is 4.90 Å². The van der Waals surface area contributed by atoms with Gasteiger partial charge in [0, 0.05) is 37.3 Å². The van der Waals surface area contributed by atoms with Gasteiger partial charge in [-0.3, -0.25) is 14.6 Å². The highest BCUT2D eigenvalue weighted by molar-refractivity contribution is 7.91. The second-order valence-corrected chi connectivity index (χ2v) is 8.50. The standard InChI is InChI=1S/C14H21N3O5S/c1-9-11(10(2)22-15-9)5-16-3-4-17(6-14(18)19)13-8-23(20,21)7-12(13)16/h12-13H,3-8H2,1-2H3,(H,18,19)/t12-,13+/m0/s1. The van der Waals surface area contributed by atoms with Gasteiger partial charge < -0.3 is 9.63 Å². The van der Waals surface area contributed by atoms with Crippen molar-refractivity contribution in [3.63, 3.8) is 0 Å². The number of carboxylic acids is 1. The molecule has 1 N–H and O–H groups in total. The fraction of sp³-hybridized carbons (Fsp3) is 0.714. The third-order valence-corrected chi connectivity index (χ3v) is 6.49. The smallest absolute Gasteiger partial charge is 0.317 e. The van der Waals surface area contributed by atoms with Gasteiger partial charge in [-0.1, -0.05) is 5.16 Å². The van der Waals surface area contributed by atoms with E-state index in [4.69, 9.17) is 9.63 Å². The van der Waals surface area contributed by atoms with E-state index in [-0.39, 0.29) is 30.1 Å². The van der Waals surface area contributed by atoms with Crippen LogP contribution in [0.5, 0.6) is 0 Å². The van der Waals surface area contributed by atoms with E-state index in [1.165, 1.54) is 0 Å². The SMILES string of the molecule is Cc1noc(C)c1CN1CCN(CC(=O)O)[C@@H]2CS(=O)(=O)C[C@@H]21. The van der Waals surface area contributed by atoms with Crippen LogP contribution < -0.4 is 0 Å². The number of carboxylic acid groups (broad SMARTS) is 1. The van der Waals surface area contributed by atoms with Crippen molar-refractivity contribution in [2.24, 2.45) is 0 Å². The molecule has 0 bridgehead atoms. The summed E-state index contributed by atoms with van der Waals surface area (Å²) in [6, 6.07) is -0.438. The van der Waals surface area contributed by atoms with Gasteiger partial charge in [-0.15, -0.1) is 0 Å². The Labute approximate surface area is 135 Å². The summed E-state index contributed by atoms with van der Waals surface area (Å²) < 4.78 is 29.3. The van der Waals surface area contributed by atoms with E-state index in [0.29, 0.717) is 19.6 Å². The Kier molecular flexibility index (Phi) is 4.19. The molecule has 0 radical (unpaired) electrons. The molecule has 1 aromatic heterocycles. The predicted molar refractivity (Wildman–Crippen MR) is 81.8 cm³/mol. The fourth-order valence-corrected chi connectivity index (χ4v) is 5.64. The number of hydrogen-bond acceptors (Lipinski definition) is 7. The molecule has 0 amide bonds. The van der Waals surface area contributed by atoms with Crippen molar-refractivity contribution in [3.05, 3.63) is 17.0 Å². The summed E-state index contributed by atoms with van der Waals surface area (Å²) >= 11 is 0. The van der Waals surface area contributed by atoms with Crippen LogP contribution in [0, 0.1) is 13.8 Å². The van der Waals surface area contributed by atoms with E-state index in [2.05, 4.69) is 10.1 Å². The molecule has 0 spiro atoms. The maximum absolute atomic E-state index is 12.1. The van der Waals surface area contributed by atoms with Crippen molar-refractivity contribution < 1.29 is 22.8 Å². The zero-order chi connectivity index (χ0) is 16.8. The summed E-state index contributed by atoms with van der Waals surface area (Å²) in [5.74, 6) is -0.0692. The van der Waals surface area contributed by atoms with Crippen LogP contribution in [0.3, 0.4) is 0 Å². The lowest BCUT2D eigenvalue weighted by molar-refractivity contribution is -0.139. The first-order chi connectivity index (χ1) is 10.8. The van der Waals surface area contributed by atoms with Crippen molar-refractivity contribution in [3.8, 4) is 0 Å². The molecule has 23 heavy (non-hydrogen) atoms. The molecule has 128 valence electrons. The summed E-state index contributed by atoms with van der Waals surface area (Å²) in [4.78, 5) is 14.9. The van der Waals surface area contributed by atoms with Crippen molar-refractivity contribution >= 4 is 15.8 Å². The second-order valence-electron chi connectivity index (χ2n) is 6.35. The molecule has 2 aliphatic heterocycles. The highest BCUT2D eigenvalue weighted by Crippen LogP contribution is 2.29. The molecule has 3 heterocycles. The highest BCUT2D eigenvalue weighted by Gasteiger charge is 2.47. The van der Waals surface area contributed by atoms with Crippen molar-refractivity contribution in [2.45, 2.75) is 32.5 Å². The minimum absolute atomic E-state index is 0.0308. The number of aromatic nitrogens is 1. The largest absolute Gasteiger partial charge is 0.480 e. The van der Waals surface area contributed by atoms with Crippen LogP contribution in [0.4, 0.5) is 0 Å². The van der Waals surface area contributed by atoms with Crippen molar-refractivity contribution in [1.82, 2.24) is 15.0 Å². The van der Waals surface area contributed by atoms with Crippen LogP contribution in [0.2, 0.25) is 0 Å². The van der Waals surface area contributed by atoms with Gasteiger partial charge in [0.15, 0.2) is 9.84 Å². The normalized spacial score (nSPS) is 27.9. The van der Waals surface area contributed by atoms with Crippen LogP contribution in [0.25, 0.3) is 0 Å². The Morgan fingerprint density at radius 3 is 2.43 bits per heavy atom. The molecule has 3 rings (SSSR count). The molecule has 0 aliphatic carbocycles. The van der Waals surface area contributed by atoms with E-state index in [0.717, 1.165) is 17.0 Å². The van der Waals surface area contributed by atoms with Gasteiger partial charge in [0.05, 0.1) is 23.7 Å². The monoisotopic (exact) mass is 343 g/mol. The maximum atomic E-state index is 12.1. The average molecular weight is 343 g/mol. The first kappa shape index (κ1) is 16.4. The van der Waals surface area contributed by atoms with Crippen LogP contribution in [0.15, 0.2) is 4.52 Å². The molecule has 1 aromatic rings. The molecule has 2 fully saturated rings. The number of carbonyl (C=O) groups is 1. The van der Waals surface area contributed by atoms with Gasteiger partial charge in [0.1, 0.15) is 5.76 Å². The van der Waals surface area contributed by atoms with Crippen molar-refractivity contribution in [1.29, 1.82) is 0 Å². The summed E-state index contributed by atoms with van der Waals surface area (Å²) in [6.45, 7) is 5.36. The molecule has 0 saturated carbocycles. The Bertz CT molecular complexity index is 694.